The Kier molecular flexibility index (Phi) is 14.1. The molecule has 1 aliphatic rings. The second-order valence-corrected chi connectivity index (χ2v) is 5.45. The molecule has 22 heavy (non-hydrogen) atoms. The Bertz CT molecular complexity index is 337. The lowest BCUT2D eigenvalue weighted by Crippen LogP contribution is -2.32. The fourth-order valence-corrected chi connectivity index (χ4v) is 2.29. The van der Waals surface area contributed by atoms with Crippen LogP contribution in [0.25, 0.3) is 0 Å². The largest absolute Gasteiger partial charge is 0.300 e. The van der Waals surface area contributed by atoms with Crippen LogP contribution in [-0.4, -0.2) is 29.0 Å². The number of unbranched alkanes of at least 4 members (excludes halogenated alkanes) is 2. The highest BCUT2D eigenvalue weighted by molar-refractivity contribution is 6.03. The molecule has 0 saturated carbocycles. The molecule has 1 unspecified atom stereocenters. The molecule has 4 nitrogen and oxygen atoms in total. The summed E-state index contributed by atoms with van der Waals surface area (Å²) >= 11 is 0. The molecule has 0 aromatic carbocycles. The van der Waals surface area contributed by atoms with Crippen molar-refractivity contribution in [1.29, 1.82) is 0 Å². The summed E-state index contributed by atoms with van der Waals surface area (Å²) in [6.45, 7) is 14.1. The zero-order valence-corrected chi connectivity index (χ0v) is 15.6. The highest BCUT2D eigenvalue weighted by Gasteiger charge is 2.39. The molecular formula is C18H35NO3. The van der Waals surface area contributed by atoms with Gasteiger partial charge in [-0.15, -0.1) is 0 Å². The third-order valence-corrected chi connectivity index (χ3v) is 3.49. The van der Waals surface area contributed by atoms with E-state index >= 15 is 0 Å². The summed E-state index contributed by atoms with van der Waals surface area (Å²) in [5, 5.41) is 0. The second-order valence-electron chi connectivity index (χ2n) is 5.45. The summed E-state index contributed by atoms with van der Waals surface area (Å²) in [5.41, 5.74) is 0. The zero-order chi connectivity index (χ0) is 17.7. The predicted molar refractivity (Wildman–Crippen MR) is 91.5 cm³/mol. The molecule has 0 N–H and O–H groups in total. The third-order valence-electron chi connectivity index (χ3n) is 3.49. The van der Waals surface area contributed by atoms with E-state index in [1.807, 2.05) is 41.5 Å². The molecule has 4 heteroatoms. The van der Waals surface area contributed by atoms with Crippen molar-refractivity contribution in [2.45, 2.75) is 80.6 Å². The van der Waals surface area contributed by atoms with Gasteiger partial charge in [0.1, 0.15) is 5.78 Å². The van der Waals surface area contributed by atoms with Gasteiger partial charge in [-0.3, -0.25) is 14.5 Å². The molecular weight excluding hydrogens is 278 g/mol. The number of amides is 2. The highest BCUT2D eigenvalue weighted by atomic mass is 16.2. The number of imide groups is 1. The van der Waals surface area contributed by atoms with Crippen LogP contribution in [0.5, 0.6) is 0 Å². The van der Waals surface area contributed by atoms with Gasteiger partial charge in [0.25, 0.3) is 0 Å². The first kappa shape index (κ1) is 23.1. The SMILES string of the molecule is CC.CC.CC(=O)CCCCCN1C(=O)CC(C(C)C)C1=O. The van der Waals surface area contributed by atoms with E-state index < -0.39 is 0 Å². The van der Waals surface area contributed by atoms with Crippen LogP contribution in [0.15, 0.2) is 0 Å². The van der Waals surface area contributed by atoms with E-state index in [-0.39, 0.29) is 29.4 Å². The van der Waals surface area contributed by atoms with Gasteiger partial charge >= 0.3 is 0 Å². The molecule has 0 bridgehead atoms. The zero-order valence-electron chi connectivity index (χ0n) is 15.6. The Labute approximate surface area is 136 Å². The summed E-state index contributed by atoms with van der Waals surface area (Å²) in [7, 11) is 0. The quantitative estimate of drug-likeness (QED) is 0.522. The second kappa shape index (κ2) is 13.5. The lowest BCUT2D eigenvalue weighted by Gasteiger charge is -2.16. The van der Waals surface area contributed by atoms with Gasteiger partial charge in [-0.2, -0.15) is 0 Å². The molecule has 1 fully saturated rings. The van der Waals surface area contributed by atoms with E-state index in [0.717, 1.165) is 19.3 Å². The normalized spacial score (nSPS) is 16.9. The van der Waals surface area contributed by atoms with Crippen LogP contribution in [0, 0.1) is 11.8 Å². The summed E-state index contributed by atoms with van der Waals surface area (Å²) in [6.07, 6.45) is 3.50. The standard InChI is InChI=1S/C14H23NO3.2C2H6/c1-10(2)12-9-13(17)15(14(12)18)8-6-4-5-7-11(3)16;2*1-2/h10,12H,4-9H2,1-3H3;2*1-2H3. The highest BCUT2D eigenvalue weighted by Crippen LogP contribution is 2.26. The minimum Gasteiger partial charge on any atom is -0.300 e. The van der Waals surface area contributed by atoms with Gasteiger partial charge in [-0.1, -0.05) is 48.0 Å². The number of nitrogens with zero attached hydrogens (tertiary/aromatic N) is 1. The fourth-order valence-electron chi connectivity index (χ4n) is 2.29. The van der Waals surface area contributed by atoms with Crippen molar-refractivity contribution >= 4 is 17.6 Å². The minimum atomic E-state index is -0.130. The summed E-state index contributed by atoms with van der Waals surface area (Å²) in [5.74, 6) is 0.244. The molecule has 0 radical (unpaired) electrons. The number of ketones is 1. The predicted octanol–water partition coefficient (Wildman–Crippen LogP) is 4.22. The lowest BCUT2D eigenvalue weighted by atomic mass is 9.94. The van der Waals surface area contributed by atoms with Crippen LogP contribution in [-0.2, 0) is 14.4 Å². The Morgan fingerprint density at radius 1 is 1.09 bits per heavy atom. The van der Waals surface area contributed by atoms with Crippen LogP contribution in [0.1, 0.15) is 80.6 Å². The van der Waals surface area contributed by atoms with Crippen LogP contribution in [0.4, 0.5) is 0 Å². The van der Waals surface area contributed by atoms with Gasteiger partial charge in [0.2, 0.25) is 11.8 Å². The van der Waals surface area contributed by atoms with E-state index in [0.29, 0.717) is 19.4 Å². The average Bonchev–Trinajstić information content (AvgIpc) is 2.78. The van der Waals surface area contributed by atoms with Gasteiger partial charge in [0, 0.05) is 25.3 Å². The summed E-state index contributed by atoms with van der Waals surface area (Å²) in [6, 6.07) is 0. The number of Topliss-reactive ketones (excluding diaryl/α,β-unsaturated/α-hetero) is 1. The number of carbonyl (C=O) groups excluding carboxylic acids is 3. The molecule has 0 aromatic rings. The number of carbonyl (C=O) groups is 3. The Morgan fingerprint density at radius 3 is 2.05 bits per heavy atom. The van der Waals surface area contributed by atoms with Gasteiger partial charge in [0.15, 0.2) is 0 Å². The topological polar surface area (TPSA) is 54.5 Å². The molecule has 2 amide bonds. The van der Waals surface area contributed by atoms with Crippen molar-refractivity contribution in [3.8, 4) is 0 Å². The van der Waals surface area contributed by atoms with E-state index in [9.17, 15) is 14.4 Å². The molecule has 1 aliphatic heterocycles. The van der Waals surface area contributed by atoms with E-state index in [1.54, 1.807) is 6.92 Å². The molecule has 0 aliphatic carbocycles. The number of hydrogen-bond donors (Lipinski definition) is 0. The molecule has 1 atom stereocenters. The molecule has 130 valence electrons. The lowest BCUT2D eigenvalue weighted by molar-refractivity contribution is -0.139. The van der Waals surface area contributed by atoms with Crippen molar-refractivity contribution in [1.82, 2.24) is 4.90 Å². The first-order valence-corrected chi connectivity index (χ1v) is 8.77. The fraction of sp³-hybridized carbons (Fsp3) is 0.833. The molecule has 1 saturated heterocycles. The van der Waals surface area contributed by atoms with Crippen molar-refractivity contribution in [3.63, 3.8) is 0 Å². The first-order valence-electron chi connectivity index (χ1n) is 8.77. The summed E-state index contributed by atoms with van der Waals surface area (Å²) < 4.78 is 0. The van der Waals surface area contributed by atoms with E-state index in [1.165, 1.54) is 4.90 Å². The number of likely N-dealkylation sites (tertiary alicyclic amines) is 1. The van der Waals surface area contributed by atoms with Crippen LogP contribution in [0.3, 0.4) is 0 Å². The van der Waals surface area contributed by atoms with Crippen LogP contribution >= 0.6 is 0 Å². The van der Waals surface area contributed by atoms with Crippen molar-refractivity contribution in [2.75, 3.05) is 6.54 Å². The smallest absolute Gasteiger partial charge is 0.233 e. The maximum absolute atomic E-state index is 12.0. The molecule has 1 heterocycles. The summed E-state index contributed by atoms with van der Waals surface area (Å²) in [4.78, 5) is 35.9. The Morgan fingerprint density at radius 2 is 1.64 bits per heavy atom. The van der Waals surface area contributed by atoms with E-state index in [2.05, 4.69) is 0 Å². The van der Waals surface area contributed by atoms with Crippen molar-refractivity contribution < 1.29 is 14.4 Å². The average molecular weight is 313 g/mol. The maximum atomic E-state index is 12.0. The van der Waals surface area contributed by atoms with Gasteiger partial charge in [-0.05, 0) is 25.7 Å². The number of hydrogen-bond acceptors (Lipinski definition) is 3. The van der Waals surface area contributed by atoms with Crippen molar-refractivity contribution in [2.24, 2.45) is 11.8 Å². The minimum absolute atomic E-state index is 0.0124. The monoisotopic (exact) mass is 313 g/mol. The van der Waals surface area contributed by atoms with Crippen LogP contribution in [0.2, 0.25) is 0 Å². The Hall–Kier alpha value is -1.19. The van der Waals surface area contributed by atoms with E-state index in [4.69, 9.17) is 0 Å². The Balaban J connectivity index is 0. The molecule has 0 spiro atoms. The van der Waals surface area contributed by atoms with Crippen molar-refractivity contribution in [3.05, 3.63) is 0 Å². The van der Waals surface area contributed by atoms with Gasteiger partial charge in [0.05, 0.1) is 0 Å². The molecule has 1 rings (SSSR count). The first-order chi connectivity index (χ1) is 10.4. The molecule has 0 aromatic heterocycles. The van der Waals surface area contributed by atoms with Gasteiger partial charge in [-0.25, -0.2) is 0 Å². The maximum Gasteiger partial charge on any atom is 0.233 e. The van der Waals surface area contributed by atoms with Crippen LogP contribution < -0.4 is 0 Å². The third kappa shape index (κ3) is 8.30. The van der Waals surface area contributed by atoms with Gasteiger partial charge < -0.3 is 4.79 Å². The number of rotatable bonds is 7.